The summed E-state index contributed by atoms with van der Waals surface area (Å²) in [7, 11) is -4.07. The lowest BCUT2D eigenvalue weighted by atomic mass is 9.89. The first-order valence-electron chi connectivity index (χ1n) is 6.26. The molecule has 0 saturated carbocycles. The normalized spacial score (nSPS) is 16.7. The van der Waals surface area contributed by atoms with Crippen molar-refractivity contribution in [3.8, 4) is 0 Å². The van der Waals surface area contributed by atoms with Crippen LogP contribution < -0.4 is 4.72 Å². The van der Waals surface area contributed by atoms with Crippen LogP contribution in [0.4, 0.5) is 8.78 Å². The zero-order valence-electron chi connectivity index (χ0n) is 11.7. The molecule has 1 rings (SSSR count). The van der Waals surface area contributed by atoms with E-state index < -0.39 is 32.2 Å². The van der Waals surface area contributed by atoms with Gasteiger partial charge in [0.2, 0.25) is 10.0 Å². The van der Waals surface area contributed by atoms with Gasteiger partial charge in [-0.05, 0) is 25.0 Å². The first kappa shape index (κ1) is 17.0. The van der Waals surface area contributed by atoms with E-state index in [-0.39, 0.29) is 12.5 Å². The van der Waals surface area contributed by atoms with Crippen molar-refractivity contribution in [2.75, 3.05) is 6.54 Å². The number of sulfonamides is 1. The highest BCUT2D eigenvalue weighted by Gasteiger charge is 2.29. The van der Waals surface area contributed by atoms with Crippen LogP contribution in [-0.2, 0) is 10.0 Å². The summed E-state index contributed by atoms with van der Waals surface area (Å²) in [5, 5.41) is 10.1. The van der Waals surface area contributed by atoms with E-state index in [1.165, 1.54) is 6.92 Å². The van der Waals surface area contributed by atoms with Crippen LogP contribution in [0.15, 0.2) is 23.1 Å². The largest absolute Gasteiger partial charge is 0.389 e. The van der Waals surface area contributed by atoms with E-state index in [1.807, 2.05) is 6.92 Å². The minimum atomic E-state index is -4.07. The molecule has 2 unspecified atom stereocenters. The third kappa shape index (κ3) is 4.22. The van der Waals surface area contributed by atoms with Gasteiger partial charge < -0.3 is 5.11 Å². The molecule has 1 aromatic rings. The van der Waals surface area contributed by atoms with Gasteiger partial charge in [0.1, 0.15) is 11.6 Å². The van der Waals surface area contributed by atoms with Crippen molar-refractivity contribution in [1.82, 2.24) is 4.72 Å². The quantitative estimate of drug-likeness (QED) is 0.845. The summed E-state index contributed by atoms with van der Waals surface area (Å²) >= 11 is 0. The van der Waals surface area contributed by atoms with Crippen molar-refractivity contribution < 1.29 is 22.3 Å². The smallest absolute Gasteiger partial charge is 0.240 e. The van der Waals surface area contributed by atoms with Gasteiger partial charge in [0.05, 0.1) is 10.5 Å². The molecule has 1 aromatic carbocycles. The Balaban J connectivity index is 2.91. The van der Waals surface area contributed by atoms with E-state index in [0.29, 0.717) is 12.5 Å². The van der Waals surface area contributed by atoms with Crippen LogP contribution in [0.25, 0.3) is 0 Å². The van der Waals surface area contributed by atoms with Crippen LogP contribution in [0.2, 0.25) is 0 Å². The molecule has 0 aliphatic carbocycles. The van der Waals surface area contributed by atoms with Crippen LogP contribution in [0.3, 0.4) is 0 Å². The van der Waals surface area contributed by atoms with Gasteiger partial charge >= 0.3 is 0 Å². The number of benzene rings is 1. The SMILES string of the molecule is CCC(C)C(C)(O)CNS(=O)(=O)c1cc(F)cc(F)c1. The van der Waals surface area contributed by atoms with Gasteiger partial charge in [-0.3, -0.25) is 0 Å². The molecular weight excluding hydrogens is 288 g/mol. The van der Waals surface area contributed by atoms with Crippen molar-refractivity contribution in [3.05, 3.63) is 29.8 Å². The van der Waals surface area contributed by atoms with Gasteiger partial charge in [0.25, 0.3) is 0 Å². The van der Waals surface area contributed by atoms with E-state index >= 15 is 0 Å². The molecule has 0 amide bonds. The molecule has 0 radical (unpaired) electrons. The van der Waals surface area contributed by atoms with Gasteiger partial charge in [0.15, 0.2) is 0 Å². The third-order valence-electron chi connectivity index (χ3n) is 3.44. The number of rotatable bonds is 6. The Hall–Kier alpha value is -1.05. The highest BCUT2D eigenvalue weighted by atomic mass is 32.2. The highest BCUT2D eigenvalue weighted by molar-refractivity contribution is 7.89. The molecule has 7 heteroatoms. The summed E-state index contributed by atoms with van der Waals surface area (Å²) in [6.07, 6.45) is 0.670. The second-order valence-corrected chi connectivity index (χ2v) is 6.86. The summed E-state index contributed by atoms with van der Waals surface area (Å²) in [6, 6.07) is 2.04. The van der Waals surface area contributed by atoms with Gasteiger partial charge in [-0.1, -0.05) is 20.3 Å². The summed E-state index contributed by atoms with van der Waals surface area (Å²) in [6.45, 7) is 4.93. The molecule has 0 aliphatic heterocycles. The molecule has 0 fully saturated rings. The third-order valence-corrected chi connectivity index (χ3v) is 4.82. The van der Waals surface area contributed by atoms with Gasteiger partial charge in [0, 0.05) is 12.6 Å². The second kappa shape index (κ2) is 6.15. The first-order chi connectivity index (χ1) is 9.08. The Morgan fingerprint density at radius 3 is 2.25 bits per heavy atom. The number of nitrogens with one attached hydrogen (secondary N) is 1. The van der Waals surface area contributed by atoms with E-state index in [0.717, 1.165) is 12.1 Å². The zero-order valence-corrected chi connectivity index (χ0v) is 12.5. The number of halogens is 2. The molecule has 0 saturated heterocycles. The average Bonchev–Trinajstić information content (AvgIpc) is 2.34. The lowest BCUT2D eigenvalue weighted by Gasteiger charge is -2.29. The summed E-state index contributed by atoms with van der Waals surface area (Å²) in [5.74, 6) is -2.08. The number of hydrogen-bond acceptors (Lipinski definition) is 3. The number of aliphatic hydroxyl groups is 1. The molecule has 2 N–H and O–H groups in total. The summed E-state index contributed by atoms with van der Waals surface area (Å²) in [5.41, 5.74) is -1.24. The molecule has 114 valence electrons. The van der Waals surface area contributed by atoms with E-state index in [4.69, 9.17) is 0 Å². The maximum absolute atomic E-state index is 13.0. The topological polar surface area (TPSA) is 66.4 Å². The molecule has 0 spiro atoms. The lowest BCUT2D eigenvalue weighted by Crippen LogP contribution is -2.45. The fraction of sp³-hybridized carbons (Fsp3) is 0.538. The van der Waals surface area contributed by atoms with Crippen molar-refractivity contribution in [3.63, 3.8) is 0 Å². The van der Waals surface area contributed by atoms with E-state index in [9.17, 15) is 22.3 Å². The lowest BCUT2D eigenvalue weighted by molar-refractivity contribution is 0.0102. The monoisotopic (exact) mass is 307 g/mol. The van der Waals surface area contributed by atoms with Crippen LogP contribution in [0.5, 0.6) is 0 Å². The van der Waals surface area contributed by atoms with Crippen LogP contribution in [0.1, 0.15) is 27.2 Å². The Bertz CT molecular complexity index is 553. The van der Waals surface area contributed by atoms with Crippen LogP contribution >= 0.6 is 0 Å². The van der Waals surface area contributed by atoms with Crippen molar-refractivity contribution in [2.45, 2.75) is 37.7 Å². The van der Waals surface area contributed by atoms with Gasteiger partial charge in [-0.2, -0.15) is 0 Å². The standard InChI is InChI=1S/C13H19F2NO3S/c1-4-9(2)13(3,17)8-16-20(18,19)12-6-10(14)5-11(15)7-12/h5-7,9,16-17H,4,8H2,1-3H3. The fourth-order valence-electron chi connectivity index (χ4n) is 1.62. The molecule has 0 aliphatic rings. The molecule has 2 atom stereocenters. The van der Waals surface area contributed by atoms with E-state index in [2.05, 4.69) is 4.72 Å². The van der Waals surface area contributed by atoms with Gasteiger partial charge in [-0.15, -0.1) is 0 Å². The second-order valence-electron chi connectivity index (χ2n) is 5.10. The van der Waals surface area contributed by atoms with Crippen molar-refractivity contribution in [2.24, 2.45) is 5.92 Å². The van der Waals surface area contributed by atoms with Gasteiger partial charge in [-0.25, -0.2) is 21.9 Å². The maximum atomic E-state index is 13.0. The molecule has 0 heterocycles. The maximum Gasteiger partial charge on any atom is 0.240 e. The van der Waals surface area contributed by atoms with Crippen molar-refractivity contribution in [1.29, 1.82) is 0 Å². The molecule has 0 aromatic heterocycles. The summed E-state index contributed by atoms with van der Waals surface area (Å²) < 4.78 is 52.1. The average molecular weight is 307 g/mol. The van der Waals surface area contributed by atoms with Crippen molar-refractivity contribution >= 4 is 10.0 Å². The molecule has 20 heavy (non-hydrogen) atoms. The summed E-state index contributed by atoms with van der Waals surface area (Å²) in [4.78, 5) is -0.505. The van der Waals surface area contributed by atoms with E-state index in [1.54, 1.807) is 6.92 Å². The molecular formula is C13H19F2NO3S. The van der Waals surface area contributed by atoms with Crippen LogP contribution in [-0.4, -0.2) is 25.7 Å². The zero-order chi connectivity index (χ0) is 15.6. The fourth-order valence-corrected chi connectivity index (χ4v) is 2.81. The molecule has 4 nitrogen and oxygen atoms in total. The Kier molecular flexibility index (Phi) is 5.23. The number of hydrogen-bond donors (Lipinski definition) is 2. The minimum Gasteiger partial charge on any atom is -0.389 e. The predicted molar refractivity (Wildman–Crippen MR) is 71.6 cm³/mol. The Labute approximate surface area is 117 Å². The Morgan fingerprint density at radius 2 is 1.80 bits per heavy atom. The highest BCUT2D eigenvalue weighted by Crippen LogP contribution is 2.20. The van der Waals surface area contributed by atoms with Crippen LogP contribution in [0, 0.1) is 17.6 Å². The Morgan fingerprint density at radius 1 is 1.30 bits per heavy atom. The first-order valence-corrected chi connectivity index (χ1v) is 7.75. The predicted octanol–water partition coefficient (Wildman–Crippen LogP) is 2.04. The molecule has 0 bridgehead atoms. The minimum absolute atomic E-state index is 0.130.